The van der Waals surface area contributed by atoms with E-state index in [9.17, 15) is 9.59 Å². The molecule has 0 saturated carbocycles. The molecule has 1 saturated heterocycles. The summed E-state index contributed by atoms with van der Waals surface area (Å²) in [4.78, 5) is 45.1. The number of rotatable bonds is 7. The van der Waals surface area contributed by atoms with Crippen LogP contribution < -0.4 is 5.73 Å². The first-order valence-electron chi connectivity index (χ1n) is 11.8. The SMILES string of the molecule is Cc1cnc2ccc(-c3nc(C(=O)CCCC(=O)N4CCCCC4)c(N)nc3-c3ncco3)cn12. The molecule has 0 spiro atoms. The van der Waals surface area contributed by atoms with Crippen LogP contribution in [0.4, 0.5) is 5.82 Å². The van der Waals surface area contributed by atoms with Crippen LogP contribution in [0.15, 0.2) is 41.4 Å². The Labute approximate surface area is 202 Å². The first-order chi connectivity index (χ1) is 17.0. The van der Waals surface area contributed by atoms with E-state index in [4.69, 9.17) is 10.2 Å². The Morgan fingerprint density at radius 1 is 1.06 bits per heavy atom. The molecular formula is C25H27N7O3. The van der Waals surface area contributed by atoms with Crippen molar-refractivity contribution >= 4 is 23.2 Å². The number of imidazole rings is 1. The van der Waals surface area contributed by atoms with Gasteiger partial charge in [-0.15, -0.1) is 0 Å². The molecule has 10 nitrogen and oxygen atoms in total. The summed E-state index contributed by atoms with van der Waals surface area (Å²) in [5.41, 5.74) is 9.50. The van der Waals surface area contributed by atoms with Crippen molar-refractivity contribution in [3.63, 3.8) is 0 Å². The van der Waals surface area contributed by atoms with E-state index in [1.165, 1.54) is 18.9 Å². The molecule has 180 valence electrons. The van der Waals surface area contributed by atoms with Crippen molar-refractivity contribution in [1.82, 2.24) is 29.2 Å². The fraction of sp³-hybridized carbons (Fsp3) is 0.360. The van der Waals surface area contributed by atoms with Gasteiger partial charge in [0.2, 0.25) is 11.8 Å². The van der Waals surface area contributed by atoms with Gasteiger partial charge < -0.3 is 19.5 Å². The molecule has 5 rings (SSSR count). The third kappa shape index (κ3) is 4.64. The summed E-state index contributed by atoms with van der Waals surface area (Å²) in [6.45, 7) is 3.56. The second-order valence-electron chi connectivity index (χ2n) is 8.76. The number of pyridine rings is 1. The molecule has 0 atom stereocenters. The number of aromatic nitrogens is 5. The summed E-state index contributed by atoms with van der Waals surface area (Å²) in [6.07, 6.45) is 10.8. The predicted octanol–water partition coefficient (Wildman–Crippen LogP) is 3.70. The topological polar surface area (TPSA) is 133 Å². The van der Waals surface area contributed by atoms with Gasteiger partial charge in [0.15, 0.2) is 17.3 Å². The smallest absolute Gasteiger partial charge is 0.247 e. The fourth-order valence-corrected chi connectivity index (χ4v) is 4.41. The number of ketones is 1. The second kappa shape index (κ2) is 9.65. The Morgan fingerprint density at radius 3 is 2.66 bits per heavy atom. The fourth-order valence-electron chi connectivity index (χ4n) is 4.41. The van der Waals surface area contributed by atoms with E-state index in [0.717, 1.165) is 37.3 Å². The summed E-state index contributed by atoms with van der Waals surface area (Å²) in [5, 5.41) is 0. The van der Waals surface area contributed by atoms with Gasteiger partial charge in [0.05, 0.1) is 6.20 Å². The number of hydrogen-bond donors (Lipinski definition) is 1. The van der Waals surface area contributed by atoms with Gasteiger partial charge in [0.25, 0.3) is 0 Å². The molecule has 5 heterocycles. The van der Waals surface area contributed by atoms with Crippen molar-refractivity contribution in [2.24, 2.45) is 0 Å². The molecule has 35 heavy (non-hydrogen) atoms. The molecule has 1 fully saturated rings. The van der Waals surface area contributed by atoms with Gasteiger partial charge in [0, 0.05) is 49.6 Å². The number of carbonyl (C=O) groups is 2. The predicted molar refractivity (Wildman–Crippen MR) is 129 cm³/mol. The van der Waals surface area contributed by atoms with Crippen LogP contribution in [0.25, 0.3) is 28.5 Å². The summed E-state index contributed by atoms with van der Waals surface area (Å²) in [7, 11) is 0. The normalized spacial score (nSPS) is 13.9. The van der Waals surface area contributed by atoms with Crippen LogP contribution in [0.3, 0.4) is 0 Å². The highest BCUT2D eigenvalue weighted by Gasteiger charge is 2.23. The molecular weight excluding hydrogens is 446 g/mol. The number of hydrogen-bond acceptors (Lipinski definition) is 8. The monoisotopic (exact) mass is 473 g/mol. The van der Waals surface area contributed by atoms with Gasteiger partial charge in [-0.05, 0) is 44.7 Å². The third-order valence-corrected chi connectivity index (χ3v) is 6.29. The van der Waals surface area contributed by atoms with Crippen LogP contribution in [0, 0.1) is 6.92 Å². The van der Waals surface area contributed by atoms with E-state index in [-0.39, 0.29) is 35.5 Å². The average molecular weight is 474 g/mol. The van der Waals surface area contributed by atoms with E-state index in [0.29, 0.717) is 29.8 Å². The Bertz CT molecular complexity index is 1370. The first-order valence-corrected chi connectivity index (χ1v) is 11.8. The van der Waals surface area contributed by atoms with Crippen LogP contribution in [-0.4, -0.2) is 54.0 Å². The lowest BCUT2D eigenvalue weighted by Crippen LogP contribution is -2.35. The number of nitrogens with two attached hydrogens (primary N) is 1. The molecule has 10 heteroatoms. The van der Waals surface area contributed by atoms with E-state index in [2.05, 4.69) is 19.9 Å². The minimum atomic E-state index is -0.249. The highest BCUT2D eigenvalue weighted by atomic mass is 16.3. The van der Waals surface area contributed by atoms with E-state index >= 15 is 0 Å². The minimum Gasteiger partial charge on any atom is -0.443 e. The molecule has 1 amide bonds. The number of aryl methyl sites for hydroxylation is 1. The number of oxazole rings is 1. The van der Waals surface area contributed by atoms with Crippen molar-refractivity contribution in [2.45, 2.75) is 45.4 Å². The number of fused-ring (bicyclic) bond motifs is 1. The Morgan fingerprint density at radius 2 is 1.89 bits per heavy atom. The van der Waals surface area contributed by atoms with Crippen molar-refractivity contribution in [3.8, 4) is 22.8 Å². The molecule has 4 aromatic rings. The van der Waals surface area contributed by atoms with Gasteiger partial charge >= 0.3 is 0 Å². The maximum Gasteiger partial charge on any atom is 0.247 e. The van der Waals surface area contributed by atoms with Gasteiger partial charge in [-0.1, -0.05) is 0 Å². The Hall–Kier alpha value is -4.08. The van der Waals surface area contributed by atoms with Gasteiger partial charge in [-0.25, -0.2) is 19.9 Å². The highest BCUT2D eigenvalue weighted by Crippen LogP contribution is 2.31. The number of carbonyl (C=O) groups excluding carboxylic acids is 2. The molecule has 4 aromatic heterocycles. The number of piperidine rings is 1. The van der Waals surface area contributed by atoms with E-state index < -0.39 is 0 Å². The minimum absolute atomic E-state index is 0.00852. The maximum atomic E-state index is 13.1. The summed E-state index contributed by atoms with van der Waals surface area (Å²) < 4.78 is 7.40. The highest BCUT2D eigenvalue weighted by molar-refractivity contribution is 5.99. The lowest BCUT2D eigenvalue weighted by Gasteiger charge is -2.26. The number of amides is 1. The van der Waals surface area contributed by atoms with Crippen LogP contribution >= 0.6 is 0 Å². The van der Waals surface area contributed by atoms with Crippen molar-refractivity contribution in [2.75, 3.05) is 18.8 Å². The molecule has 0 aliphatic carbocycles. The molecule has 1 aliphatic heterocycles. The summed E-state index contributed by atoms with van der Waals surface area (Å²) >= 11 is 0. The van der Waals surface area contributed by atoms with Crippen LogP contribution in [0.2, 0.25) is 0 Å². The third-order valence-electron chi connectivity index (χ3n) is 6.29. The Balaban J connectivity index is 1.42. The number of anilines is 1. The van der Waals surface area contributed by atoms with Crippen molar-refractivity contribution in [1.29, 1.82) is 0 Å². The molecule has 0 unspecified atom stereocenters. The quantitative estimate of drug-likeness (QED) is 0.402. The van der Waals surface area contributed by atoms with Crippen LogP contribution in [0.5, 0.6) is 0 Å². The molecule has 0 radical (unpaired) electrons. The van der Waals surface area contributed by atoms with E-state index in [1.54, 1.807) is 6.20 Å². The molecule has 2 N–H and O–H groups in total. The van der Waals surface area contributed by atoms with Gasteiger partial charge in [0.1, 0.15) is 23.3 Å². The zero-order chi connectivity index (χ0) is 24.4. The first kappa shape index (κ1) is 22.7. The second-order valence-corrected chi connectivity index (χ2v) is 8.76. The van der Waals surface area contributed by atoms with E-state index in [1.807, 2.05) is 34.6 Å². The Kier molecular flexibility index (Phi) is 6.26. The zero-order valence-corrected chi connectivity index (χ0v) is 19.6. The zero-order valence-electron chi connectivity index (χ0n) is 19.6. The maximum absolute atomic E-state index is 13.1. The lowest BCUT2D eigenvalue weighted by molar-refractivity contribution is -0.132. The summed E-state index contributed by atoms with van der Waals surface area (Å²) in [6, 6.07) is 3.73. The largest absolute Gasteiger partial charge is 0.443 e. The van der Waals surface area contributed by atoms with Crippen molar-refractivity contribution < 1.29 is 14.0 Å². The lowest BCUT2D eigenvalue weighted by atomic mass is 10.1. The van der Waals surface area contributed by atoms with Gasteiger partial charge in [-0.2, -0.15) is 0 Å². The number of nitrogens with zero attached hydrogens (tertiary/aromatic N) is 6. The number of likely N-dealkylation sites (tertiary alicyclic amines) is 1. The number of Topliss-reactive ketones (excluding diaryl/α,β-unsaturated/α-hetero) is 1. The summed E-state index contributed by atoms with van der Waals surface area (Å²) in [5.74, 6) is 0.115. The number of nitrogen functional groups attached to an aromatic ring is 1. The molecule has 1 aliphatic rings. The van der Waals surface area contributed by atoms with Crippen LogP contribution in [0.1, 0.15) is 54.7 Å². The standard InChI is InChI=1S/C25H27N7O3/c1-16-14-28-19-9-8-17(15-32(16)19)21-23(25-27-10-13-35-25)30-24(26)22(29-21)18(33)6-5-7-20(34)31-11-3-2-4-12-31/h8-10,13-15H,2-7,11-12H2,1H3,(H2,26,30). The van der Waals surface area contributed by atoms with Crippen LogP contribution in [-0.2, 0) is 4.79 Å². The van der Waals surface area contributed by atoms with Crippen molar-refractivity contribution in [3.05, 3.63) is 48.4 Å². The molecule has 0 aromatic carbocycles. The van der Waals surface area contributed by atoms with Gasteiger partial charge in [-0.3, -0.25) is 9.59 Å². The molecule has 0 bridgehead atoms. The average Bonchev–Trinajstić information content (AvgIpc) is 3.54.